The van der Waals surface area contributed by atoms with Gasteiger partial charge in [-0.25, -0.2) is 5.43 Å². The fourth-order valence-electron chi connectivity index (χ4n) is 3.66. The lowest BCUT2D eigenvalue weighted by Gasteiger charge is -2.17. The maximum Gasteiger partial charge on any atom is 0.271 e. The third kappa shape index (κ3) is 4.06. The molecule has 1 aliphatic heterocycles. The minimum absolute atomic E-state index is 0.211. The van der Waals surface area contributed by atoms with Crippen molar-refractivity contribution in [2.75, 3.05) is 4.90 Å². The molecule has 0 aliphatic carbocycles. The predicted octanol–water partition coefficient (Wildman–Crippen LogP) is 4.90. The molecule has 1 aliphatic rings. The highest BCUT2D eigenvalue weighted by atomic mass is 16.2. The molecule has 0 bridgehead atoms. The van der Waals surface area contributed by atoms with E-state index in [1.165, 1.54) is 22.3 Å². The minimum Gasteiger partial charge on any atom is -0.363 e. The van der Waals surface area contributed by atoms with Crippen LogP contribution in [0.1, 0.15) is 43.7 Å². The van der Waals surface area contributed by atoms with E-state index in [0.29, 0.717) is 5.56 Å². The maximum atomic E-state index is 12.4. The van der Waals surface area contributed by atoms with Crippen molar-refractivity contribution in [1.82, 2.24) is 5.43 Å². The maximum absolute atomic E-state index is 12.4. The highest BCUT2D eigenvalue weighted by Gasteiger charge is 2.20. The molecule has 1 heterocycles. The topological polar surface area (TPSA) is 44.7 Å². The number of hydrazone groups is 1. The van der Waals surface area contributed by atoms with Gasteiger partial charge in [-0.15, -0.1) is 0 Å². The molecule has 4 nitrogen and oxygen atoms in total. The Kier molecular flexibility index (Phi) is 5.17. The second kappa shape index (κ2) is 7.92. The first-order valence-corrected chi connectivity index (χ1v) is 9.84. The molecule has 4 heteroatoms. The van der Waals surface area contributed by atoms with Crippen molar-refractivity contribution < 1.29 is 4.79 Å². The summed E-state index contributed by atoms with van der Waals surface area (Å²) in [5.41, 5.74) is 11.9. The summed E-state index contributed by atoms with van der Waals surface area (Å²) in [5, 5.41) is 4.09. The summed E-state index contributed by atoms with van der Waals surface area (Å²) in [4.78, 5) is 14.7. The second-order valence-corrected chi connectivity index (χ2v) is 7.66. The Labute approximate surface area is 171 Å². The van der Waals surface area contributed by atoms with Gasteiger partial charge >= 0.3 is 0 Å². The van der Waals surface area contributed by atoms with E-state index in [9.17, 15) is 4.79 Å². The van der Waals surface area contributed by atoms with E-state index < -0.39 is 0 Å². The zero-order chi connectivity index (χ0) is 20.4. The molecule has 3 aromatic rings. The van der Waals surface area contributed by atoms with E-state index in [0.717, 1.165) is 29.9 Å². The lowest BCUT2D eigenvalue weighted by atomic mass is 10.0. The van der Waals surface area contributed by atoms with Gasteiger partial charge in [0.2, 0.25) is 0 Å². The van der Waals surface area contributed by atoms with Crippen LogP contribution in [0, 0.1) is 20.8 Å². The third-order valence-corrected chi connectivity index (χ3v) is 5.59. The van der Waals surface area contributed by atoms with Crippen molar-refractivity contribution >= 4 is 17.8 Å². The molecule has 0 fully saturated rings. The van der Waals surface area contributed by atoms with Gasteiger partial charge in [0.15, 0.2) is 0 Å². The molecular formula is C25H25N3O. The molecule has 1 N–H and O–H groups in total. The average Bonchev–Trinajstić information content (AvgIpc) is 3.12. The molecule has 0 radical (unpaired) electrons. The van der Waals surface area contributed by atoms with Gasteiger partial charge in [0.1, 0.15) is 0 Å². The number of anilines is 1. The van der Waals surface area contributed by atoms with Gasteiger partial charge in [0.05, 0.1) is 6.21 Å². The van der Waals surface area contributed by atoms with Gasteiger partial charge in [-0.1, -0.05) is 36.4 Å². The fourth-order valence-corrected chi connectivity index (χ4v) is 3.66. The number of rotatable bonds is 4. The van der Waals surface area contributed by atoms with E-state index in [2.05, 4.69) is 41.4 Å². The molecular weight excluding hydrogens is 358 g/mol. The Morgan fingerprint density at radius 3 is 2.14 bits per heavy atom. The highest BCUT2D eigenvalue weighted by Crippen LogP contribution is 2.30. The molecule has 0 spiro atoms. The molecule has 0 saturated heterocycles. The van der Waals surface area contributed by atoms with Crippen molar-refractivity contribution in [2.24, 2.45) is 5.10 Å². The number of nitrogens with one attached hydrogen (secondary N) is 1. The average molecular weight is 383 g/mol. The van der Waals surface area contributed by atoms with E-state index in [-0.39, 0.29) is 5.91 Å². The molecule has 146 valence electrons. The SMILES string of the molecule is Cc1cc2c(cc1C)CN(c1ccc(C(=O)N/N=C\c3ccccc3C)cc1)C2. The zero-order valence-corrected chi connectivity index (χ0v) is 17.1. The normalized spacial score (nSPS) is 13.0. The molecule has 4 rings (SSSR count). The van der Waals surface area contributed by atoms with Gasteiger partial charge in [-0.2, -0.15) is 5.10 Å². The van der Waals surface area contributed by atoms with Crippen LogP contribution >= 0.6 is 0 Å². The number of amides is 1. The van der Waals surface area contributed by atoms with Crippen LogP contribution in [0.2, 0.25) is 0 Å². The first kappa shape index (κ1) is 18.9. The summed E-state index contributed by atoms with van der Waals surface area (Å²) >= 11 is 0. The molecule has 0 atom stereocenters. The third-order valence-electron chi connectivity index (χ3n) is 5.59. The van der Waals surface area contributed by atoms with Crippen LogP contribution < -0.4 is 10.3 Å². The van der Waals surface area contributed by atoms with Gasteiger partial charge in [-0.3, -0.25) is 4.79 Å². The number of benzene rings is 3. The van der Waals surface area contributed by atoms with Crippen LogP contribution in [0.15, 0.2) is 65.8 Å². The molecule has 3 aromatic carbocycles. The first-order chi connectivity index (χ1) is 14.0. The Balaban J connectivity index is 1.40. The van der Waals surface area contributed by atoms with Gasteiger partial charge < -0.3 is 4.90 Å². The molecule has 29 heavy (non-hydrogen) atoms. The molecule has 0 saturated carbocycles. The predicted molar refractivity (Wildman–Crippen MR) is 118 cm³/mol. The van der Waals surface area contributed by atoms with E-state index in [1.807, 2.05) is 55.5 Å². The molecule has 0 unspecified atom stereocenters. The standard InChI is InChI=1S/C25H25N3O/c1-17-6-4-5-7-21(17)14-26-27-25(29)20-8-10-24(11-9-20)28-15-22-12-18(2)19(3)13-23(22)16-28/h4-14H,15-16H2,1-3H3,(H,27,29)/b26-14-. The molecule has 1 amide bonds. The summed E-state index contributed by atoms with van der Waals surface area (Å²) in [6.07, 6.45) is 1.67. The Morgan fingerprint density at radius 2 is 1.52 bits per heavy atom. The summed E-state index contributed by atoms with van der Waals surface area (Å²) in [6.45, 7) is 8.15. The van der Waals surface area contributed by atoms with Gasteiger partial charge in [-0.05, 0) is 78.4 Å². The van der Waals surface area contributed by atoms with Gasteiger partial charge in [0, 0.05) is 24.3 Å². The Bertz CT molecular complexity index is 1050. The minimum atomic E-state index is -0.211. The summed E-state index contributed by atoms with van der Waals surface area (Å²) < 4.78 is 0. The molecule has 0 aromatic heterocycles. The number of fused-ring (bicyclic) bond motifs is 1. The van der Waals surface area contributed by atoms with E-state index >= 15 is 0 Å². The first-order valence-electron chi connectivity index (χ1n) is 9.84. The number of hydrogen-bond acceptors (Lipinski definition) is 3. The van der Waals surface area contributed by atoms with Crippen molar-refractivity contribution in [1.29, 1.82) is 0 Å². The van der Waals surface area contributed by atoms with Gasteiger partial charge in [0.25, 0.3) is 5.91 Å². The zero-order valence-electron chi connectivity index (χ0n) is 17.1. The van der Waals surface area contributed by atoms with E-state index in [1.54, 1.807) is 6.21 Å². The Hall–Kier alpha value is -3.40. The number of hydrogen-bond donors (Lipinski definition) is 1. The number of nitrogens with zero attached hydrogens (tertiary/aromatic N) is 2. The van der Waals surface area contributed by atoms with Crippen LogP contribution in [0.5, 0.6) is 0 Å². The summed E-state index contributed by atoms with van der Waals surface area (Å²) in [7, 11) is 0. The van der Waals surface area contributed by atoms with Crippen molar-refractivity contribution in [3.05, 3.63) is 99.6 Å². The Morgan fingerprint density at radius 1 is 0.897 bits per heavy atom. The lowest BCUT2D eigenvalue weighted by Crippen LogP contribution is -2.18. The van der Waals surface area contributed by atoms with Crippen LogP contribution in [-0.4, -0.2) is 12.1 Å². The number of carbonyl (C=O) groups excluding carboxylic acids is 1. The van der Waals surface area contributed by atoms with Crippen molar-refractivity contribution in [3.8, 4) is 0 Å². The van der Waals surface area contributed by atoms with E-state index in [4.69, 9.17) is 0 Å². The highest BCUT2D eigenvalue weighted by molar-refractivity contribution is 5.95. The largest absolute Gasteiger partial charge is 0.363 e. The van der Waals surface area contributed by atoms with Crippen molar-refractivity contribution in [2.45, 2.75) is 33.9 Å². The number of carbonyl (C=O) groups is 1. The second-order valence-electron chi connectivity index (χ2n) is 7.66. The number of aryl methyl sites for hydroxylation is 3. The quantitative estimate of drug-likeness (QED) is 0.515. The summed E-state index contributed by atoms with van der Waals surface area (Å²) in [6, 6.07) is 20.2. The van der Waals surface area contributed by atoms with Crippen LogP contribution in [0.3, 0.4) is 0 Å². The smallest absolute Gasteiger partial charge is 0.271 e. The summed E-state index contributed by atoms with van der Waals surface area (Å²) in [5.74, 6) is -0.211. The van der Waals surface area contributed by atoms with Crippen LogP contribution in [0.25, 0.3) is 0 Å². The lowest BCUT2D eigenvalue weighted by molar-refractivity contribution is 0.0955. The van der Waals surface area contributed by atoms with Crippen molar-refractivity contribution in [3.63, 3.8) is 0 Å². The monoisotopic (exact) mass is 383 g/mol. The fraction of sp³-hybridized carbons (Fsp3) is 0.200. The van der Waals surface area contributed by atoms with Crippen LogP contribution in [0.4, 0.5) is 5.69 Å². The van der Waals surface area contributed by atoms with Crippen LogP contribution in [-0.2, 0) is 13.1 Å².